The molecule has 1 aliphatic heterocycles. The van der Waals surface area contributed by atoms with E-state index in [9.17, 15) is 5.26 Å². The Morgan fingerprint density at radius 1 is 1.43 bits per heavy atom. The summed E-state index contributed by atoms with van der Waals surface area (Å²) in [5, 5.41) is 12.9. The number of nitriles is 1. The van der Waals surface area contributed by atoms with E-state index in [2.05, 4.69) is 39.1 Å². The summed E-state index contributed by atoms with van der Waals surface area (Å²) in [7, 11) is 0. The molecule has 1 fully saturated rings. The molecule has 0 aromatic carbocycles. The minimum atomic E-state index is -0.343. The van der Waals surface area contributed by atoms with Crippen molar-refractivity contribution in [2.45, 2.75) is 45.7 Å². The first-order valence-corrected chi connectivity index (χ1v) is 6.36. The monoisotopic (exact) mass is 212 g/mol. The van der Waals surface area contributed by atoms with Gasteiger partial charge in [-0.25, -0.2) is 0 Å². The molecule has 3 heteroatoms. The van der Waals surface area contributed by atoms with Gasteiger partial charge in [-0.3, -0.25) is 5.32 Å². The van der Waals surface area contributed by atoms with Crippen molar-refractivity contribution in [3.63, 3.8) is 0 Å². The number of thioether (sulfide) groups is 1. The Balaban J connectivity index is 2.90. The van der Waals surface area contributed by atoms with Gasteiger partial charge in [-0.15, -0.1) is 0 Å². The van der Waals surface area contributed by atoms with Crippen LogP contribution in [-0.4, -0.2) is 23.1 Å². The van der Waals surface area contributed by atoms with Crippen molar-refractivity contribution >= 4 is 11.8 Å². The van der Waals surface area contributed by atoms with Crippen LogP contribution in [0.5, 0.6) is 0 Å². The fraction of sp³-hybridized carbons (Fsp3) is 0.909. The molecule has 0 spiro atoms. The van der Waals surface area contributed by atoms with E-state index < -0.39 is 0 Å². The highest BCUT2D eigenvalue weighted by molar-refractivity contribution is 7.99. The minimum Gasteiger partial charge on any atom is -0.296 e. The molecule has 14 heavy (non-hydrogen) atoms. The molecule has 1 saturated heterocycles. The Labute approximate surface area is 91.4 Å². The predicted octanol–water partition coefficient (Wildman–Crippen LogP) is 2.41. The summed E-state index contributed by atoms with van der Waals surface area (Å²) < 4.78 is 0. The highest BCUT2D eigenvalue weighted by Gasteiger charge is 2.47. The predicted molar refractivity (Wildman–Crippen MR) is 62.3 cm³/mol. The van der Waals surface area contributed by atoms with Gasteiger partial charge in [0, 0.05) is 11.8 Å². The van der Waals surface area contributed by atoms with Gasteiger partial charge in [-0.2, -0.15) is 17.0 Å². The van der Waals surface area contributed by atoms with Gasteiger partial charge in [0.25, 0.3) is 0 Å². The quantitative estimate of drug-likeness (QED) is 0.763. The SMILES string of the molecule is CC(C)NC1(C#N)CSCCC1(C)C. The average Bonchev–Trinajstić information content (AvgIpc) is 2.08. The molecule has 0 radical (unpaired) electrons. The van der Waals surface area contributed by atoms with Crippen molar-refractivity contribution in [2.24, 2.45) is 5.41 Å². The highest BCUT2D eigenvalue weighted by Crippen LogP contribution is 2.42. The Morgan fingerprint density at radius 3 is 2.50 bits per heavy atom. The van der Waals surface area contributed by atoms with Crippen LogP contribution in [0, 0.1) is 16.7 Å². The number of nitrogens with one attached hydrogen (secondary N) is 1. The lowest BCUT2D eigenvalue weighted by atomic mass is 9.71. The van der Waals surface area contributed by atoms with E-state index in [1.807, 2.05) is 11.8 Å². The lowest BCUT2D eigenvalue weighted by Crippen LogP contribution is -2.61. The van der Waals surface area contributed by atoms with Gasteiger partial charge in [-0.05, 0) is 31.4 Å². The number of hydrogen-bond donors (Lipinski definition) is 1. The topological polar surface area (TPSA) is 35.8 Å². The molecule has 0 aromatic rings. The van der Waals surface area contributed by atoms with E-state index in [4.69, 9.17) is 0 Å². The van der Waals surface area contributed by atoms with E-state index >= 15 is 0 Å². The standard InChI is InChI=1S/C11H20N2S/c1-9(2)13-11(7-12)8-14-6-5-10(11,3)4/h9,13H,5-6,8H2,1-4H3. The second-order valence-electron chi connectivity index (χ2n) is 5.00. The van der Waals surface area contributed by atoms with Crippen molar-refractivity contribution in [3.05, 3.63) is 0 Å². The van der Waals surface area contributed by atoms with Crippen molar-refractivity contribution < 1.29 is 0 Å². The van der Waals surface area contributed by atoms with Crippen LogP contribution in [0.4, 0.5) is 0 Å². The number of nitrogens with zero attached hydrogens (tertiary/aromatic N) is 1. The lowest BCUT2D eigenvalue weighted by molar-refractivity contribution is 0.172. The fourth-order valence-corrected chi connectivity index (χ4v) is 3.55. The van der Waals surface area contributed by atoms with Crippen LogP contribution in [0.2, 0.25) is 0 Å². The molecule has 1 unspecified atom stereocenters. The zero-order valence-electron chi connectivity index (χ0n) is 9.55. The fourth-order valence-electron chi connectivity index (χ4n) is 1.91. The van der Waals surface area contributed by atoms with Crippen LogP contribution in [-0.2, 0) is 0 Å². The Morgan fingerprint density at radius 2 is 2.07 bits per heavy atom. The number of hydrogen-bond acceptors (Lipinski definition) is 3. The highest BCUT2D eigenvalue weighted by atomic mass is 32.2. The first-order valence-electron chi connectivity index (χ1n) is 5.20. The molecule has 0 amide bonds. The maximum Gasteiger partial charge on any atom is 0.121 e. The summed E-state index contributed by atoms with van der Waals surface area (Å²) in [5.74, 6) is 2.09. The van der Waals surface area contributed by atoms with Crippen LogP contribution in [0.15, 0.2) is 0 Å². The van der Waals surface area contributed by atoms with Gasteiger partial charge in [-0.1, -0.05) is 13.8 Å². The van der Waals surface area contributed by atoms with Gasteiger partial charge >= 0.3 is 0 Å². The molecule has 1 aliphatic rings. The molecule has 0 aromatic heterocycles. The van der Waals surface area contributed by atoms with Crippen molar-refractivity contribution in [3.8, 4) is 6.07 Å². The smallest absolute Gasteiger partial charge is 0.121 e. The van der Waals surface area contributed by atoms with Crippen LogP contribution in [0.1, 0.15) is 34.1 Å². The third-order valence-electron chi connectivity index (χ3n) is 3.07. The van der Waals surface area contributed by atoms with Crippen LogP contribution in [0.3, 0.4) is 0 Å². The molecule has 1 heterocycles. The first-order chi connectivity index (χ1) is 6.43. The maximum absolute atomic E-state index is 9.40. The second kappa shape index (κ2) is 4.12. The normalized spacial score (nSPS) is 31.4. The maximum atomic E-state index is 9.40. The zero-order valence-corrected chi connectivity index (χ0v) is 10.4. The van der Waals surface area contributed by atoms with Crippen LogP contribution in [0.25, 0.3) is 0 Å². The molecule has 80 valence electrons. The van der Waals surface area contributed by atoms with Gasteiger partial charge in [0.05, 0.1) is 6.07 Å². The molecular formula is C11H20N2S. The first kappa shape index (κ1) is 11.9. The van der Waals surface area contributed by atoms with E-state index in [0.717, 1.165) is 12.2 Å². The van der Waals surface area contributed by atoms with Crippen molar-refractivity contribution in [1.82, 2.24) is 5.32 Å². The molecule has 1 rings (SSSR count). The summed E-state index contributed by atoms with van der Waals surface area (Å²) in [4.78, 5) is 0. The van der Waals surface area contributed by atoms with E-state index in [-0.39, 0.29) is 11.0 Å². The lowest BCUT2D eigenvalue weighted by Gasteiger charge is -2.46. The Bertz CT molecular complexity index is 242. The molecule has 0 saturated carbocycles. The molecule has 0 bridgehead atoms. The Hall–Kier alpha value is -0.200. The van der Waals surface area contributed by atoms with Gasteiger partial charge in [0.2, 0.25) is 0 Å². The third-order valence-corrected chi connectivity index (χ3v) is 4.20. The Kier molecular flexibility index (Phi) is 3.49. The summed E-state index contributed by atoms with van der Waals surface area (Å²) >= 11 is 1.89. The molecular weight excluding hydrogens is 192 g/mol. The zero-order chi connectivity index (χ0) is 10.8. The van der Waals surface area contributed by atoms with Crippen molar-refractivity contribution in [2.75, 3.05) is 11.5 Å². The third kappa shape index (κ3) is 2.07. The van der Waals surface area contributed by atoms with Gasteiger partial charge in [0.15, 0.2) is 0 Å². The molecule has 0 aliphatic carbocycles. The summed E-state index contributed by atoms with van der Waals surface area (Å²) in [6.45, 7) is 8.61. The largest absolute Gasteiger partial charge is 0.296 e. The summed E-state index contributed by atoms with van der Waals surface area (Å²) in [5.41, 5.74) is -0.263. The van der Waals surface area contributed by atoms with Crippen LogP contribution < -0.4 is 5.32 Å². The molecule has 2 nitrogen and oxygen atoms in total. The van der Waals surface area contributed by atoms with Gasteiger partial charge in [0.1, 0.15) is 5.54 Å². The van der Waals surface area contributed by atoms with E-state index in [1.54, 1.807) is 0 Å². The van der Waals surface area contributed by atoms with Crippen molar-refractivity contribution in [1.29, 1.82) is 5.26 Å². The van der Waals surface area contributed by atoms with Gasteiger partial charge < -0.3 is 0 Å². The number of rotatable bonds is 2. The van der Waals surface area contributed by atoms with Crippen LogP contribution >= 0.6 is 11.8 Å². The second-order valence-corrected chi connectivity index (χ2v) is 6.11. The molecule has 1 atom stereocenters. The molecule has 1 N–H and O–H groups in total. The van der Waals surface area contributed by atoms with E-state index in [0.29, 0.717) is 6.04 Å². The minimum absolute atomic E-state index is 0.0806. The summed E-state index contributed by atoms with van der Waals surface area (Å²) in [6, 6.07) is 2.88. The van der Waals surface area contributed by atoms with E-state index in [1.165, 1.54) is 5.75 Å². The average molecular weight is 212 g/mol. The summed E-state index contributed by atoms with van der Waals surface area (Å²) in [6.07, 6.45) is 1.12.